The van der Waals surface area contributed by atoms with Crippen LogP contribution < -0.4 is 5.32 Å². The Hall–Kier alpha value is -0.650. The van der Waals surface area contributed by atoms with Gasteiger partial charge in [0.15, 0.2) is 0 Å². The van der Waals surface area contributed by atoms with E-state index in [4.69, 9.17) is 9.84 Å². The second-order valence-electron chi connectivity index (χ2n) is 6.68. The van der Waals surface area contributed by atoms with Crippen molar-refractivity contribution in [2.45, 2.75) is 71.8 Å². The largest absolute Gasteiger partial charge is 0.396 e. The average molecular weight is 300 g/mol. The smallest absolute Gasteiger partial charge is 0.237 e. The number of morpholine rings is 1. The van der Waals surface area contributed by atoms with E-state index in [0.29, 0.717) is 0 Å². The van der Waals surface area contributed by atoms with Crippen LogP contribution in [0, 0.1) is 5.92 Å². The summed E-state index contributed by atoms with van der Waals surface area (Å²) in [7, 11) is 0. The van der Waals surface area contributed by atoms with Crippen molar-refractivity contribution in [3.63, 3.8) is 0 Å². The summed E-state index contributed by atoms with van der Waals surface area (Å²) in [5.41, 5.74) is 0. The predicted molar refractivity (Wildman–Crippen MR) is 84.1 cm³/mol. The summed E-state index contributed by atoms with van der Waals surface area (Å²) in [4.78, 5) is 14.9. The van der Waals surface area contributed by atoms with E-state index in [9.17, 15) is 4.79 Å². The molecule has 2 N–H and O–H groups in total. The molecule has 1 aliphatic heterocycles. The lowest BCUT2D eigenvalue weighted by atomic mass is 9.99. The summed E-state index contributed by atoms with van der Waals surface area (Å²) in [6, 6.07) is -0.0165. The fourth-order valence-electron chi connectivity index (χ4n) is 3.13. The molecule has 1 saturated heterocycles. The number of nitrogens with zero attached hydrogens (tertiary/aromatic N) is 1. The van der Waals surface area contributed by atoms with Crippen molar-refractivity contribution in [2.75, 3.05) is 19.7 Å². The van der Waals surface area contributed by atoms with Gasteiger partial charge in [0.05, 0.1) is 18.2 Å². The molecule has 5 heteroatoms. The molecule has 0 aliphatic carbocycles. The molecule has 0 aromatic heterocycles. The molecule has 21 heavy (non-hydrogen) atoms. The summed E-state index contributed by atoms with van der Waals surface area (Å²) >= 11 is 0. The highest BCUT2D eigenvalue weighted by molar-refractivity contribution is 5.82. The van der Waals surface area contributed by atoms with Gasteiger partial charge in [0, 0.05) is 25.7 Å². The number of hydrogen-bond acceptors (Lipinski definition) is 4. The first kappa shape index (κ1) is 18.4. The number of aliphatic hydroxyl groups excluding tert-OH is 1. The number of amides is 1. The molecule has 1 aliphatic rings. The average Bonchev–Trinajstić information content (AvgIpc) is 2.34. The maximum atomic E-state index is 12.6. The van der Waals surface area contributed by atoms with E-state index in [1.807, 2.05) is 6.92 Å². The van der Waals surface area contributed by atoms with Crippen LogP contribution in [0.25, 0.3) is 0 Å². The normalized spacial score (nSPS) is 26.6. The van der Waals surface area contributed by atoms with Crippen LogP contribution in [-0.4, -0.2) is 59.9 Å². The second kappa shape index (κ2) is 8.71. The van der Waals surface area contributed by atoms with Gasteiger partial charge in [0.1, 0.15) is 0 Å². The Morgan fingerprint density at radius 2 is 1.86 bits per heavy atom. The van der Waals surface area contributed by atoms with E-state index in [1.165, 1.54) is 0 Å². The van der Waals surface area contributed by atoms with Crippen molar-refractivity contribution in [3.8, 4) is 0 Å². The Labute approximate surface area is 129 Å². The zero-order valence-corrected chi connectivity index (χ0v) is 14.1. The van der Waals surface area contributed by atoms with E-state index in [1.54, 1.807) is 0 Å². The standard InChI is InChI=1S/C16H32N2O3/c1-11(2)15(16(20)17-12(3)7-6-8-19)18-9-13(4)21-14(5)10-18/h11-15,19H,6-10H2,1-5H3,(H,17,20). The third-order valence-corrected chi connectivity index (χ3v) is 3.93. The summed E-state index contributed by atoms with van der Waals surface area (Å²) < 4.78 is 5.76. The molecule has 0 spiro atoms. The molecular formula is C16H32N2O3. The van der Waals surface area contributed by atoms with Gasteiger partial charge in [-0.25, -0.2) is 0 Å². The van der Waals surface area contributed by atoms with Gasteiger partial charge in [-0.3, -0.25) is 9.69 Å². The van der Waals surface area contributed by atoms with E-state index in [0.717, 1.165) is 25.9 Å². The van der Waals surface area contributed by atoms with Crippen LogP contribution in [-0.2, 0) is 9.53 Å². The van der Waals surface area contributed by atoms with E-state index in [-0.39, 0.29) is 42.7 Å². The van der Waals surface area contributed by atoms with Crippen molar-refractivity contribution < 1.29 is 14.6 Å². The quantitative estimate of drug-likeness (QED) is 0.746. The zero-order valence-electron chi connectivity index (χ0n) is 14.1. The third-order valence-electron chi connectivity index (χ3n) is 3.93. The fraction of sp³-hybridized carbons (Fsp3) is 0.938. The summed E-state index contributed by atoms with van der Waals surface area (Å²) in [6.45, 7) is 12.1. The molecule has 0 saturated carbocycles. The lowest BCUT2D eigenvalue weighted by molar-refractivity contribution is -0.136. The number of nitrogens with one attached hydrogen (secondary N) is 1. The molecule has 4 atom stereocenters. The molecule has 0 radical (unpaired) electrons. The third kappa shape index (κ3) is 5.93. The van der Waals surface area contributed by atoms with Crippen LogP contribution >= 0.6 is 0 Å². The van der Waals surface area contributed by atoms with Gasteiger partial charge >= 0.3 is 0 Å². The van der Waals surface area contributed by atoms with E-state index < -0.39 is 0 Å². The number of ether oxygens (including phenoxy) is 1. The van der Waals surface area contributed by atoms with Crippen LogP contribution in [0.2, 0.25) is 0 Å². The van der Waals surface area contributed by atoms with Crippen molar-refractivity contribution >= 4 is 5.91 Å². The predicted octanol–water partition coefficient (Wildman–Crippen LogP) is 1.40. The summed E-state index contributed by atoms with van der Waals surface area (Å²) in [5.74, 6) is 0.351. The Balaban J connectivity index is 2.65. The molecule has 4 unspecified atom stereocenters. The Morgan fingerprint density at radius 3 is 2.33 bits per heavy atom. The SMILES string of the molecule is CC(CCCO)NC(=O)C(C(C)C)N1CC(C)OC(C)C1. The number of hydrogen-bond donors (Lipinski definition) is 2. The highest BCUT2D eigenvalue weighted by Gasteiger charge is 2.34. The van der Waals surface area contributed by atoms with Crippen molar-refractivity contribution in [1.29, 1.82) is 0 Å². The number of rotatable bonds is 7. The molecule has 1 heterocycles. The Morgan fingerprint density at radius 1 is 1.29 bits per heavy atom. The van der Waals surface area contributed by atoms with Gasteiger partial charge in [-0.15, -0.1) is 0 Å². The van der Waals surface area contributed by atoms with E-state index >= 15 is 0 Å². The van der Waals surface area contributed by atoms with Crippen LogP contribution in [0.15, 0.2) is 0 Å². The number of carbonyl (C=O) groups excluding carboxylic acids is 1. The maximum absolute atomic E-state index is 12.6. The zero-order chi connectivity index (χ0) is 16.0. The highest BCUT2D eigenvalue weighted by Crippen LogP contribution is 2.19. The first-order valence-electron chi connectivity index (χ1n) is 8.15. The van der Waals surface area contributed by atoms with Crippen molar-refractivity contribution in [1.82, 2.24) is 10.2 Å². The fourth-order valence-corrected chi connectivity index (χ4v) is 3.13. The second-order valence-corrected chi connectivity index (χ2v) is 6.68. The molecule has 1 fully saturated rings. The Kier molecular flexibility index (Phi) is 7.63. The minimum atomic E-state index is -0.115. The van der Waals surface area contributed by atoms with Gasteiger partial charge < -0.3 is 15.2 Å². The first-order valence-corrected chi connectivity index (χ1v) is 8.15. The molecule has 1 rings (SSSR count). The topological polar surface area (TPSA) is 61.8 Å². The lowest BCUT2D eigenvalue weighted by Crippen LogP contribution is -2.57. The van der Waals surface area contributed by atoms with Crippen LogP contribution in [0.4, 0.5) is 0 Å². The van der Waals surface area contributed by atoms with Crippen LogP contribution in [0.5, 0.6) is 0 Å². The minimum absolute atomic E-state index is 0.0942. The monoisotopic (exact) mass is 300 g/mol. The molecule has 124 valence electrons. The summed E-state index contributed by atoms with van der Waals surface area (Å²) in [5, 5.41) is 12.0. The van der Waals surface area contributed by atoms with Gasteiger partial charge in [0.2, 0.25) is 5.91 Å². The van der Waals surface area contributed by atoms with E-state index in [2.05, 4.69) is 37.9 Å². The summed E-state index contributed by atoms with van der Waals surface area (Å²) in [6.07, 6.45) is 1.85. The van der Waals surface area contributed by atoms with Crippen LogP contribution in [0.3, 0.4) is 0 Å². The van der Waals surface area contributed by atoms with Crippen molar-refractivity contribution in [2.24, 2.45) is 5.92 Å². The maximum Gasteiger partial charge on any atom is 0.237 e. The van der Waals surface area contributed by atoms with Crippen LogP contribution in [0.1, 0.15) is 47.5 Å². The molecule has 0 bridgehead atoms. The minimum Gasteiger partial charge on any atom is -0.396 e. The van der Waals surface area contributed by atoms with Gasteiger partial charge in [0.25, 0.3) is 0 Å². The number of carbonyl (C=O) groups is 1. The number of aliphatic hydroxyl groups is 1. The highest BCUT2D eigenvalue weighted by atomic mass is 16.5. The Bertz CT molecular complexity index is 313. The molecule has 1 amide bonds. The van der Waals surface area contributed by atoms with Gasteiger partial charge in [-0.2, -0.15) is 0 Å². The van der Waals surface area contributed by atoms with Gasteiger partial charge in [-0.1, -0.05) is 13.8 Å². The van der Waals surface area contributed by atoms with Crippen molar-refractivity contribution in [3.05, 3.63) is 0 Å². The lowest BCUT2D eigenvalue weighted by Gasteiger charge is -2.41. The molecule has 5 nitrogen and oxygen atoms in total. The molecule has 0 aromatic carbocycles. The molecular weight excluding hydrogens is 268 g/mol. The van der Waals surface area contributed by atoms with Gasteiger partial charge in [-0.05, 0) is 39.5 Å². The first-order chi connectivity index (χ1) is 9.85. The molecule has 0 aromatic rings.